The summed E-state index contributed by atoms with van der Waals surface area (Å²) in [6, 6.07) is 6.96. The van der Waals surface area contributed by atoms with E-state index in [1.54, 1.807) is 11.3 Å². The molecule has 2 rings (SSSR count). The van der Waals surface area contributed by atoms with Gasteiger partial charge in [0.25, 0.3) is 0 Å². The van der Waals surface area contributed by atoms with Gasteiger partial charge in [0.15, 0.2) is 0 Å². The Labute approximate surface area is 107 Å². The molecule has 0 amide bonds. The zero-order valence-corrected chi connectivity index (χ0v) is 11.1. The zero-order chi connectivity index (χ0) is 12.1. The van der Waals surface area contributed by atoms with Crippen LogP contribution in [0, 0.1) is 11.3 Å². The van der Waals surface area contributed by atoms with E-state index >= 15 is 0 Å². The maximum atomic E-state index is 8.73. The molecule has 4 heteroatoms. The minimum absolute atomic E-state index is 0.801. The molecule has 0 atom stereocenters. The Balaban J connectivity index is 1.64. The Bertz CT molecular complexity index is 390. The number of nitrogens with one attached hydrogen (secondary N) is 1. The van der Waals surface area contributed by atoms with E-state index in [1.165, 1.54) is 17.7 Å². The quantitative estimate of drug-likeness (QED) is 0.753. The van der Waals surface area contributed by atoms with Crippen LogP contribution in [0.4, 0.5) is 0 Å². The summed E-state index contributed by atoms with van der Waals surface area (Å²) in [6.07, 6.45) is 2.76. The second-order valence-corrected chi connectivity index (χ2v) is 5.58. The van der Waals surface area contributed by atoms with Gasteiger partial charge >= 0.3 is 0 Å². The second-order valence-electron chi connectivity index (χ2n) is 4.41. The van der Waals surface area contributed by atoms with Crippen LogP contribution in [0.25, 0.3) is 0 Å². The summed E-state index contributed by atoms with van der Waals surface area (Å²) in [5.41, 5.74) is 0. The number of thiophene rings is 1. The van der Waals surface area contributed by atoms with Crippen molar-refractivity contribution in [2.24, 2.45) is 0 Å². The van der Waals surface area contributed by atoms with Gasteiger partial charge in [-0.1, -0.05) is 6.92 Å². The molecule has 0 bridgehead atoms. The van der Waals surface area contributed by atoms with E-state index in [1.807, 2.05) is 12.1 Å². The van der Waals surface area contributed by atoms with Crippen molar-refractivity contribution in [3.63, 3.8) is 0 Å². The Morgan fingerprint density at radius 1 is 1.53 bits per heavy atom. The number of hydrogen-bond acceptors (Lipinski definition) is 4. The fourth-order valence-electron chi connectivity index (χ4n) is 2.01. The molecule has 1 N–H and O–H groups in total. The fourth-order valence-corrected chi connectivity index (χ4v) is 2.78. The average molecular weight is 249 g/mol. The van der Waals surface area contributed by atoms with Crippen LogP contribution >= 0.6 is 11.3 Å². The lowest BCUT2D eigenvalue weighted by atomic mass is 10.4. The molecule has 1 fully saturated rings. The summed E-state index contributed by atoms with van der Waals surface area (Å²) >= 11 is 1.58. The lowest BCUT2D eigenvalue weighted by Crippen LogP contribution is -2.33. The van der Waals surface area contributed by atoms with Crippen molar-refractivity contribution in [3.8, 4) is 6.07 Å². The van der Waals surface area contributed by atoms with Crippen molar-refractivity contribution < 1.29 is 0 Å². The Morgan fingerprint density at radius 2 is 2.35 bits per heavy atom. The first kappa shape index (κ1) is 12.6. The molecule has 1 heterocycles. The van der Waals surface area contributed by atoms with Crippen LogP contribution < -0.4 is 5.32 Å². The summed E-state index contributed by atoms with van der Waals surface area (Å²) in [5.74, 6) is 0. The SMILES string of the molecule is CCN(CCNCc1ccc(C#N)s1)C1CC1. The molecule has 0 saturated heterocycles. The van der Waals surface area contributed by atoms with E-state index in [0.29, 0.717) is 0 Å². The van der Waals surface area contributed by atoms with Crippen molar-refractivity contribution in [1.82, 2.24) is 10.2 Å². The van der Waals surface area contributed by atoms with Crippen LogP contribution in [-0.4, -0.2) is 30.6 Å². The van der Waals surface area contributed by atoms with Gasteiger partial charge in [-0.15, -0.1) is 11.3 Å². The molecule has 1 aliphatic rings. The largest absolute Gasteiger partial charge is 0.311 e. The Hall–Kier alpha value is -0.890. The molecule has 17 heavy (non-hydrogen) atoms. The molecule has 1 aromatic rings. The van der Waals surface area contributed by atoms with Gasteiger partial charge in [0, 0.05) is 30.6 Å². The van der Waals surface area contributed by atoms with Crippen molar-refractivity contribution in [3.05, 3.63) is 21.9 Å². The summed E-state index contributed by atoms with van der Waals surface area (Å²) in [7, 11) is 0. The summed E-state index contributed by atoms with van der Waals surface area (Å²) in [4.78, 5) is 4.59. The van der Waals surface area contributed by atoms with Gasteiger partial charge in [0.1, 0.15) is 10.9 Å². The highest BCUT2D eigenvalue weighted by atomic mass is 32.1. The third-order valence-corrected chi connectivity index (χ3v) is 4.11. The lowest BCUT2D eigenvalue weighted by molar-refractivity contribution is 0.277. The molecule has 1 aliphatic carbocycles. The molecular formula is C13H19N3S. The molecule has 0 radical (unpaired) electrons. The molecule has 92 valence electrons. The lowest BCUT2D eigenvalue weighted by Gasteiger charge is -2.19. The van der Waals surface area contributed by atoms with Gasteiger partial charge in [-0.05, 0) is 31.5 Å². The van der Waals surface area contributed by atoms with E-state index in [-0.39, 0.29) is 0 Å². The van der Waals surface area contributed by atoms with Crippen molar-refractivity contribution in [1.29, 1.82) is 5.26 Å². The molecule has 0 spiro atoms. The van der Waals surface area contributed by atoms with E-state index in [2.05, 4.69) is 23.2 Å². The van der Waals surface area contributed by atoms with Crippen LogP contribution in [0.3, 0.4) is 0 Å². The maximum absolute atomic E-state index is 8.73. The highest BCUT2D eigenvalue weighted by Crippen LogP contribution is 2.25. The Morgan fingerprint density at radius 3 is 2.94 bits per heavy atom. The highest BCUT2D eigenvalue weighted by molar-refractivity contribution is 7.12. The topological polar surface area (TPSA) is 39.1 Å². The summed E-state index contributed by atoms with van der Waals surface area (Å²) in [5, 5.41) is 12.2. The van der Waals surface area contributed by atoms with E-state index in [4.69, 9.17) is 5.26 Å². The second kappa shape index (κ2) is 6.15. The molecule has 0 aliphatic heterocycles. The van der Waals surface area contributed by atoms with Crippen LogP contribution in [0.1, 0.15) is 29.5 Å². The van der Waals surface area contributed by atoms with Crippen molar-refractivity contribution in [2.45, 2.75) is 32.4 Å². The van der Waals surface area contributed by atoms with Gasteiger partial charge in [0.05, 0.1) is 0 Å². The standard InChI is InChI=1S/C13H19N3S/c1-2-16(11-3-4-11)8-7-15-10-13-6-5-12(9-14)17-13/h5-6,11,15H,2-4,7-8,10H2,1H3. The fraction of sp³-hybridized carbons (Fsp3) is 0.615. The van der Waals surface area contributed by atoms with Crippen LogP contribution in [0.15, 0.2) is 12.1 Å². The van der Waals surface area contributed by atoms with Gasteiger partial charge in [0.2, 0.25) is 0 Å². The Kier molecular flexibility index (Phi) is 4.55. The van der Waals surface area contributed by atoms with E-state index < -0.39 is 0 Å². The highest BCUT2D eigenvalue weighted by Gasteiger charge is 2.26. The predicted octanol–water partition coefficient (Wildman–Crippen LogP) is 2.19. The van der Waals surface area contributed by atoms with Crippen LogP contribution in [-0.2, 0) is 6.54 Å². The van der Waals surface area contributed by atoms with Gasteiger partial charge in [-0.2, -0.15) is 5.26 Å². The van der Waals surface area contributed by atoms with Crippen LogP contribution in [0.2, 0.25) is 0 Å². The van der Waals surface area contributed by atoms with Gasteiger partial charge < -0.3 is 5.32 Å². The summed E-state index contributed by atoms with van der Waals surface area (Å²) in [6.45, 7) is 6.44. The zero-order valence-electron chi connectivity index (χ0n) is 10.3. The number of likely N-dealkylation sites (N-methyl/N-ethyl adjacent to an activating group) is 1. The van der Waals surface area contributed by atoms with Gasteiger partial charge in [-0.25, -0.2) is 0 Å². The van der Waals surface area contributed by atoms with Crippen molar-refractivity contribution >= 4 is 11.3 Å². The smallest absolute Gasteiger partial charge is 0.110 e. The molecule has 3 nitrogen and oxygen atoms in total. The first-order valence-electron chi connectivity index (χ1n) is 6.27. The molecule has 0 unspecified atom stereocenters. The monoisotopic (exact) mass is 249 g/mol. The number of nitriles is 1. The number of nitrogens with zero attached hydrogens (tertiary/aromatic N) is 2. The third kappa shape index (κ3) is 3.81. The summed E-state index contributed by atoms with van der Waals surface area (Å²) < 4.78 is 0. The minimum atomic E-state index is 0.801. The van der Waals surface area contributed by atoms with Crippen LogP contribution in [0.5, 0.6) is 0 Å². The average Bonchev–Trinajstić information content (AvgIpc) is 3.08. The molecule has 1 aromatic heterocycles. The first-order valence-corrected chi connectivity index (χ1v) is 7.08. The third-order valence-electron chi connectivity index (χ3n) is 3.12. The van der Waals surface area contributed by atoms with E-state index in [0.717, 1.165) is 37.1 Å². The minimum Gasteiger partial charge on any atom is -0.311 e. The number of hydrogen-bond donors (Lipinski definition) is 1. The molecular weight excluding hydrogens is 230 g/mol. The predicted molar refractivity (Wildman–Crippen MR) is 71.0 cm³/mol. The van der Waals surface area contributed by atoms with E-state index in [9.17, 15) is 0 Å². The van der Waals surface area contributed by atoms with Gasteiger partial charge in [-0.3, -0.25) is 4.90 Å². The van der Waals surface area contributed by atoms with Crippen molar-refractivity contribution in [2.75, 3.05) is 19.6 Å². The molecule has 1 saturated carbocycles. The molecule has 0 aromatic carbocycles. The maximum Gasteiger partial charge on any atom is 0.110 e. The number of rotatable bonds is 7. The normalized spacial score (nSPS) is 15.1. The first-order chi connectivity index (χ1) is 8.33.